The number of carbonyl (C=O) groups is 1. The van der Waals surface area contributed by atoms with Crippen LogP contribution in [0.15, 0.2) is 29.2 Å². The molecule has 0 aliphatic heterocycles. The van der Waals surface area contributed by atoms with Crippen molar-refractivity contribution < 1.29 is 4.79 Å². The van der Waals surface area contributed by atoms with Crippen molar-refractivity contribution in [2.45, 2.75) is 24.7 Å². The van der Waals surface area contributed by atoms with Crippen LogP contribution in [-0.4, -0.2) is 25.3 Å². The highest BCUT2D eigenvalue weighted by atomic mass is 32.2. The van der Waals surface area contributed by atoms with Crippen LogP contribution in [0.2, 0.25) is 0 Å². The quantitative estimate of drug-likeness (QED) is 0.743. The van der Waals surface area contributed by atoms with E-state index in [4.69, 9.17) is 5.73 Å². The predicted octanol–water partition coefficient (Wildman–Crippen LogP) is 2.05. The Morgan fingerprint density at radius 2 is 2.06 bits per heavy atom. The lowest BCUT2D eigenvalue weighted by Gasteiger charge is -2.10. The van der Waals surface area contributed by atoms with Gasteiger partial charge in [-0.05, 0) is 42.8 Å². The van der Waals surface area contributed by atoms with Crippen LogP contribution in [0.1, 0.15) is 18.9 Å². The van der Waals surface area contributed by atoms with Gasteiger partial charge in [0.05, 0.1) is 0 Å². The molecule has 18 heavy (non-hydrogen) atoms. The highest BCUT2D eigenvalue weighted by molar-refractivity contribution is 7.98. The molecule has 0 fully saturated rings. The minimum absolute atomic E-state index is 0.101. The number of amides is 1. The molecule has 0 spiro atoms. The average molecular weight is 266 g/mol. The second kappa shape index (κ2) is 8.16. The monoisotopic (exact) mass is 266 g/mol. The van der Waals surface area contributed by atoms with Gasteiger partial charge < -0.3 is 11.1 Å². The Hall–Kier alpha value is -1.00. The average Bonchev–Trinajstić information content (AvgIpc) is 2.42. The molecule has 1 unspecified atom stereocenters. The summed E-state index contributed by atoms with van der Waals surface area (Å²) in [7, 11) is 0. The molecule has 0 bridgehead atoms. The van der Waals surface area contributed by atoms with Gasteiger partial charge in [0, 0.05) is 17.9 Å². The summed E-state index contributed by atoms with van der Waals surface area (Å²) in [6.07, 6.45) is 3.38. The van der Waals surface area contributed by atoms with Gasteiger partial charge in [0.25, 0.3) is 0 Å². The van der Waals surface area contributed by atoms with E-state index in [0.29, 0.717) is 25.4 Å². The molecule has 4 heteroatoms. The Morgan fingerprint density at radius 3 is 2.61 bits per heavy atom. The zero-order valence-corrected chi connectivity index (χ0v) is 11.9. The van der Waals surface area contributed by atoms with Crippen molar-refractivity contribution in [3.05, 3.63) is 29.8 Å². The van der Waals surface area contributed by atoms with Gasteiger partial charge in [-0.3, -0.25) is 4.79 Å². The number of thioether (sulfide) groups is 1. The first kappa shape index (κ1) is 15.1. The summed E-state index contributed by atoms with van der Waals surface area (Å²) in [6, 6.07) is 8.35. The van der Waals surface area contributed by atoms with Crippen LogP contribution in [0.25, 0.3) is 0 Å². The smallest absolute Gasteiger partial charge is 0.220 e. The first-order valence-corrected chi connectivity index (χ1v) is 7.48. The van der Waals surface area contributed by atoms with Crippen LogP contribution in [0.3, 0.4) is 0 Å². The van der Waals surface area contributed by atoms with Gasteiger partial charge >= 0.3 is 0 Å². The standard InChI is InChI=1S/C14H22N2OS/c1-11(9-15)10-16-14(17)8-5-12-3-6-13(18-2)7-4-12/h3-4,6-7,11H,5,8-10,15H2,1-2H3,(H,16,17). The maximum Gasteiger partial charge on any atom is 0.220 e. The van der Waals surface area contributed by atoms with E-state index in [9.17, 15) is 4.79 Å². The largest absolute Gasteiger partial charge is 0.356 e. The summed E-state index contributed by atoms with van der Waals surface area (Å²) < 4.78 is 0. The van der Waals surface area contributed by atoms with E-state index in [1.54, 1.807) is 11.8 Å². The molecule has 0 saturated carbocycles. The van der Waals surface area contributed by atoms with Gasteiger partial charge in [-0.2, -0.15) is 0 Å². The lowest BCUT2D eigenvalue weighted by molar-refractivity contribution is -0.121. The fourth-order valence-electron chi connectivity index (χ4n) is 1.51. The van der Waals surface area contributed by atoms with Crippen LogP contribution in [0.5, 0.6) is 0 Å². The molecule has 0 saturated heterocycles. The van der Waals surface area contributed by atoms with E-state index in [-0.39, 0.29) is 5.91 Å². The van der Waals surface area contributed by atoms with Gasteiger partial charge in [0.1, 0.15) is 0 Å². The van der Waals surface area contributed by atoms with E-state index in [2.05, 4.69) is 35.8 Å². The molecule has 1 aromatic rings. The Balaban J connectivity index is 2.29. The van der Waals surface area contributed by atoms with E-state index < -0.39 is 0 Å². The lowest BCUT2D eigenvalue weighted by atomic mass is 10.1. The van der Waals surface area contributed by atoms with Gasteiger partial charge in [-0.15, -0.1) is 11.8 Å². The van der Waals surface area contributed by atoms with Crippen LogP contribution in [-0.2, 0) is 11.2 Å². The summed E-state index contributed by atoms with van der Waals surface area (Å²) in [6.45, 7) is 3.30. The summed E-state index contributed by atoms with van der Waals surface area (Å²) in [4.78, 5) is 12.9. The SMILES string of the molecule is CSc1ccc(CCC(=O)NCC(C)CN)cc1. The molecule has 1 rings (SSSR count). The van der Waals surface area contributed by atoms with Crippen molar-refractivity contribution in [1.29, 1.82) is 0 Å². The Labute approximate surface area is 114 Å². The van der Waals surface area contributed by atoms with E-state index in [0.717, 1.165) is 6.42 Å². The van der Waals surface area contributed by atoms with E-state index in [1.807, 2.05) is 6.92 Å². The Morgan fingerprint density at radius 1 is 1.39 bits per heavy atom. The third-order valence-corrected chi connectivity index (χ3v) is 3.59. The van der Waals surface area contributed by atoms with Crippen molar-refractivity contribution >= 4 is 17.7 Å². The summed E-state index contributed by atoms with van der Waals surface area (Å²) in [5.41, 5.74) is 6.70. The third kappa shape index (κ3) is 5.56. The van der Waals surface area contributed by atoms with Crippen molar-refractivity contribution in [3.63, 3.8) is 0 Å². The van der Waals surface area contributed by atoms with Crippen LogP contribution in [0, 0.1) is 5.92 Å². The minimum atomic E-state index is 0.101. The third-order valence-electron chi connectivity index (χ3n) is 2.85. The van der Waals surface area contributed by atoms with Crippen LogP contribution < -0.4 is 11.1 Å². The molecule has 0 aliphatic carbocycles. The topological polar surface area (TPSA) is 55.1 Å². The Bertz CT molecular complexity index is 365. The van der Waals surface area contributed by atoms with Crippen LogP contribution in [0.4, 0.5) is 0 Å². The summed E-state index contributed by atoms with van der Waals surface area (Å²) in [5.74, 6) is 0.444. The predicted molar refractivity (Wildman–Crippen MR) is 77.8 cm³/mol. The van der Waals surface area contributed by atoms with Gasteiger partial charge in [0.15, 0.2) is 0 Å². The molecular weight excluding hydrogens is 244 g/mol. The van der Waals surface area contributed by atoms with Crippen LogP contribution >= 0.6 is 11.8 Å². The first-order valence-electron chi connectivity index (χ1n) is 6.25. The highest BCUT2D eigenvalue weighted by Gasteiger charge is 2.04. The zero-order chi connectivity index (χ0) is 13.4. The van der Waals surface area contributed by atoms with Crippen molar-refractivity contribution in [2.24, 2.45) is 11.7 Å². The van der Waals surface area contributed by atoms with Gasteiger partial charge in [-0.25, -0.2) is 0 Å². The van der Waals surface area contributed by atoms with E-state index in [1.165, 1.54) is 10.5 Å². The van der Waals surface area contributed by atoms with Crippen molar-refractivity contribution in [1.82, 2.24) is 5.32 Å². The fourth-order valence-corrected chi connectivity index (χ4v) is 1.92. The number of rotatable bonds is 7. The highest BCUT2D eigenvalue weighted by Crippen LogP contribution is 2.15. The maximum absolute atomic E-state index is 11.6. The molecule has 3 nitrogen and oxygen atoms in total. The molecule has 0 aliphatic rings. The number of nitrogens with one attached hydrogen (secondary N) is 1. The van der Waals surface area contributed by atoms with Crippen molar-refractivity contribution in [2.75, 3.05) is 19.3 Å². The first-order chi connectivity index (χ1) is 8.65. The number of hydrogen-bond donors (Lipinski definition) is 2. The second-order valence-corrected chi connectivity index (χ2v) is 5.37. The molecule has 0 heterocycles. The molecule has 0 radical (unpaired) electrons. The summed E-state index contributed by atoms with van der Waals surface area (Å²) in [5, 5.41) is 2.90. The number of aryl methyl sites for hydroxylation is 1. The molecule has 0 aromatic heterocycles. The number of nitrogens with two attached hydrogens (primary N) is 1. The van der Waals surface area contributed by atoms with Gasteiger partial charge in [-0.1, -0.05) is 19.1 Å². The normalized spacial score (nSPS) is 12.2. The zero-order valence-electron chi connectivity index (χ0n) is 11.1. The molecule has 1 aromatic carbocycles. The van der Waals surface area contributed by atoms with Crippen molar-refractivity contribution in [3.8, 4) is 0 Å². The molecule has 100 valence electrons. The van der Waals surface area contributed by atoms with E-state index >= 15 is 0 Å². The molecule has 3 N–H and O–H groups in total. The molecule has 1 atom stereocenters. The maximum atomic E-state index is 11.6. The number of benzene rings is 1. The fraction of sp³-hybridized carbons (Fsp3) is 0.500. The number of carbonyl (C=O) groups excluding carboxylic acids is 1. The molecule has 1 amide bonds. The Kier molecular flexibility index (Phi) is 6.83. The number of hydrogen-bond acceptors (Lipinski definition) is 3. The second-order valence-electron chi connectivity index (χ2n) is 4.49. The van der Waals surface area contributed by atoms with Gasteiger partial charge in [0.2, 0.25) is 5.91 Å². The molecular formula is C14H22N2OS. The lowest BCUT2D eigenvalue weighted by Crippen LogP contribution is -2.31. The summed E-state index contributed by atoms with van der Waals surface area (Å²) >= 11 is 1.72. The minimum Gasteiger partial charge on any atom is -0.356 e.